The average molecular weight is 290 g/mol. The summed E-state index contributed by atoms with van der Waals surface area (Å²) in [6.45, 7) is 12.6. The zero-order valence-electron chi connectivity index (χ0n) is 13.3. The van der Waals surface area contributed by atoms with Crippen LogP contribution in [0.2, 0.25) is 0 Å². The lowest BCUT2D eigenvalue weighted by molar-refractivity contribution is 0.352. The van der Waals surface area contributed by atoms with E-state index >= 15 is 0 Å². The summed E-state index contributed by atoms with van der Waals surface area (Å²) in [6, 6.07) is 12.4. The number of nitrogens with one attached hydrogen (secondary N) is 1. The van der Waals surface area contributed by atoms with E-state index in [-0.39, 0.29) is 0 Å². The van der Waals surface area contributed by atoms with Crippen molar-refractivity contribution in [3.8, 4) is 11.3 Å². The molecule has 0 bridgehead atoms. The van der Waals surface area contributed by atoms with Crippen LogP contribution in [-0.2, 0) is 0 Å². The molecule has 1 heterocycles. The number of aromatic nitrogens is 1. The third-order valence-electron chi connectivity index (χ3n) is 4.66. The van der Waals surface area contributed by atoms with Gasteiger partial charge in [-0.15, -0.1) is 0 Å². The number of hydrogen-bond acceptors (Lipinski definition) is 2. The largest absolute Gasteiger partial charge is 0.359 e. The topological polar surface area (TPSA) is 24.9 Å². The van der Waals surface area contributed by atoms with E-state index in [1.54, 1.807) is 0 Å². The molecular weight excluding hydrogens is 268 g/mol. The molecule has 2 heteroatoms. The Bertz CT molecular complexity index is 716. The summed E-state index contributed by atoms with van der Waals surface area (Å²) < 4.78 is 0. The summed E-state index contributed by atoms with van der Waals surface area (Å²) in [4.78, 5) is 4.45. The summed E-state index contributed by atoms with van der Waals surface area (Å²) >= 11 is 0. The van der Waals surface area contributed by atoms with E-state index in [0.29, 0.717) is 11.8 Å². The molecule has 0 saturated heterocycles. The third-order valence-corrected chi connectivity index (χ3v) is 4.66. The molecule has 3 rings (SSSR count). The van der Waals surface area contributed by atoms with Crippen LogP contribution in [0.5, 0.6) is 0 Å². The van der Waals surface area contributed by atoms with Crippen LogP contribution in [0.3, 0.4) is 0 Å². The quantitative estimate of drug-likeness (QED) is 0.783. The Kier molecular flexibility index (Phi) is 3.84. The van der Waals surface area contributed by atoms with Crippen molar-refractivity contribution in [2.45, 2.75) is 20.3 Å². The van der Waals surface area contributed by atoms with Crippen molar-refractivity contribution in [3.63, 3.8) is 0 Å². The minimum Gasteiger partial charge on any atom is -0.359 e. The molecule has 1 aromatic heterocycles. The monoisotopic (exact) mass is 290 g/mol. The molecule has 1 unspecified atom stereocenters. The number of rotatable bonds is 4. The van der Waals surface area contributed by atoms with Gasteiger partial charge in [-0.05, 0) is 49.1 Å². The van der Waals surface area contributed by atoms with E-state index in [9.17, 15) is 0 Å². The molecule has 0 amide bonds. The molecule has 22 heavy (non-hydrogen) atoms. The number of anilines is 1. The number of pyridine rings is 1. The predicted octanol–water partition coefficient (Wildman–Crippen LogP) is 5.19. The second-order valence-electron chi connectivity index (χ2n) is 6.15. The summed E-state index contributed by atoms with van der Waals surface area (Å²) in [5.41, 5.74) is 6.85. The van der Waals surface area contributed by atoms with Gasteiger partial charge in [-0.25, -0.2) is 0 Å². The number of hydrogen-bond donors (Lipinski definition) is 1. The normalized spacial score (nSPS) is 20.4. The zero-order chi connectivity index (χ0) is 15.7. The van der Waals surface area contributed by atoms with Gasteiger partial charge in [0.2, 0.25) is 0 Å². The van der Waals surface area contributed by atoms with Crippen molar-refractivity contribution in [1.29, 1.82) is 0 Å². The van der Waals surface area contributed by atoms with E-state index in [2.05, 4.69) is 55.5 Å². The van der Waals surface area contributed by atoms with E-state index in [4.69, 9.17) is 0 Å². The van der Waals surface area contributed by atoms with Gasteiger partial charge in [-0.1, -0.05) is 37.8 Å². The summed E-state index contributed by atoms with van der Waals surface area (Å²) in [5, 5.41) is 3.47. The first-order chi connectivity index (χ1) is 10.6. The summed E-state index contributed by atoms with van der Waals surface area (Å²) in [7, 11) is 0. The van der Waals surface area contributed by atoms with E-state index in [1.807, 2.05) is 24.4 Å². The van der Waals surface area contributed by atoms with Crippen LogP contribution in [0.15, 0.2) is 67.0 Å². The minimum atomic E-state index is 0.493. The molecule has 112 valence electrons. The van der Waals surface area contributed by atoms with E-state index in [1.165, 1.54) is 11.1 Å². The average Bonchev–Trinajstić information content (AvgIpc) is 2.54. The van der Waals surface area contributed by atoms with Crippen LogP contribution in [0.1, 0.15) is 18.9 Å². The van der Waals surface area contributed by atoms with Crippen molar-refractivity contribution >= 4 is 5.69 Å². The highest BCUT2D eigenvalue weighted by Crippen LogP contribution is 2.42. The van der Waals surface area contributed by atoms with Gasteiger partial charge in [0.25, 0.3) is 0 Å². The smallest absolute Gasteiger partial charge is 0.0705 e. The highest BCUT2D eigenvalue weighted by Gasteiger charge is 2.32. The molecule has 1 aromatic carbocycles. The molecule has 2 nitrogen and oxygen atoms in total. The van der Waals surface area contributed by atoms with Crippen molar-refractivity contribution in [3.05, 3.63) is 72.6 Å². The Morgan fingerprint density at radius 2 is 2.09 bits per heavy atom. The summed E-state index contributed by atoms with van der Waals surface area (Å²) in [5.74, 6) is 1.02. The van der Waals surface area contributed by atoms with Gasteiger partial charge in [0.05, 0.1) is 5.69 Å². The highest BCUT2D eigenvalue weighted by molar-refractivity contribution is 5.69. The van der Waals surface area contributed by atoms with Crippen molar-refractivity contribution in [1.82, 2.24) is 4.98 Å². The van der Waals surface area contributed by atoms with E-state index < -0.39 is 0 Å². The van der Waals surface area contributed by atoms with Gasteiger partial charge in [-0.2, -0.15) is 0 Å². The maximum atomic E-state index is 4.45. The zero-order valence-corrected chi connectivity index (χ0v) is 13.3. The van der Waals surface area contributed by atoms with Crippen LogP contribution < -0.4 is 5.32 Å². The molecule has 1 fully saturated rings. The molecule has 2 aromatic rings. The first kappa shape index (κ1) is 14.6. The maximum Gasteiger partial charge on any atom is 0.0705 e. The lowest BCUT2D eigenvalue weighted by Gasteiger charge is -2.38. The van der Waals surface area contributed by atoms with Crippen molar-refractivity contribution in [2.75, 3.05) is 5.32 Å². The van der Waals surface area contributed by atoms with Gasteiger partial charge in [0.15, 0.2) is 0 Å². The number of nitrogens with zero attached hydrogens (tertiary/aromatic N) is 1. The molecular formula is C20H22N2. The van der Waals surface area contributed by atoms with Gasteiger partial charge in [-0.3, -0.25) is 4.98 Å². The van der Waals surface area contributed by atoms with Crippen LogP contribution in [0, 0.1) is 18.8 Å². The molecule has 2 atom stereocenters. The molecule has 1 aliphatic rings. The number of allylic oxidation sites excluding steroid dienone is 2. The second kappa shape index (κ2) is 5.80. The van der Waals surface area contributed by atoms with Gasteiger partial charge in [0.1, 0.15) is 0 Å². The summed E-state index contributed by atoms with van der Waals surface area (Å²) in [6.07, 6.45) is 2.88. The van der Waals surface area contributed by atoms with Crippen LogP contribution >= 0.6 is 0 Å². The van der Waals surface area contributed by atoms with Gasteiger partial charge < -0.3 is 5.32 Å². The third kappa shape index (κ3) is 2.69. The first-order valence-corrected chi connectivity index (χ1v) is 7.72. The number of benzene rings is 1. The fourth-order valence-corrected chi connectivity index (χ4v) is 2.97. The molecule has 1 N–H and O–H groups in total. The first-order valence-electron chi connectivity index (χ1n) is 7.72. The Hall–Kier alpha value is -2.35. The minimum absolute atomic E-state index is 0.493. The van der Waals surface area contributed by atoms with Gasteiger partial charge >= 0.3 is 0 Å². The Balaban J connectivity index is 1.81. The Labute approximate surface area is 132 Å². The van der Waals surface area contributed by atoms with Crippen LogP contribution in [0.4, 0.5) is 5.69 Å². The Morgan fingerprint density at radius 3 is 2.73 bits per heavy atom. The van der Waals surface area contributed by atoms with Crippen molar-refractivity contribution in [2.24, 2.45) is 11.8 Å². The van der Waals surface area contributed by atoms with Crippen LogP contribution in [0.25, 0.3) is 11.3 Å². The van der Waals surface area contributed by atoms with E-state index in [0.717, 1.165) is 29.1 Å². The van der Waals surface area contributed by atoms with Crippen molar-refractivity contribution < 1.29 is 0 Å². The number of aryl methyl sites for hydroxylation is 1. The SMILES string of the molecule is C=C(Nc1ccc(C)c(-c2ccccn2)c1)C1CC(=C)[C@H]1C. The highest BCUT2D eigenvalue weighted by atomic mass is 14.9. The molecule has 1 saturated carbocycles. The molecule has 0 spiro atoms. The maximum absolute atomic E-state index is 4.45. The Morgan fingerprint density at radius 1 is 1.27 bits per heavy atom. The molecule has 0 radical (unpaired) electrons. The standard InChI is InChI=1S/C20H22N2/c1-13-8-9-17(12-18(13)20-7-5-6-10-21-20)22-16(4)19-11-14(2)15(19)3/h5-10,12,15,19,22H,2,4,11H2,1,3H3/t15-,19?/m1/s1. The lowest BCUT2D eigenvalue weighted by atomic mass is 9.69. The lowest BCUT2D eigenvalue weighted by Crippen LogP contribution is -2.29. The molecule has 0 aliphatic heterocycles. The van der Waals surface area contributed by atoms with Gasteiger partial charge in [0, 0.05) is 29.1 Å². The fourth-order valence-electron chi connectivity index (χ4n) is 2.97. The predicted molar refractivity (Wildman–Crippen MR) is 93.6 cm³/mol. The molecule has 1 aliphatic carbocycles. The second-order valence-corrected chi connectivity index (χ2v) is 6.15. The fraction of sp³-hybridized carbons (Fsp3) is 0.250. The van der Waals surface area contributed by atoms with Crippen LogP contribution in [-0.4, -0.2) is 4.98 Å².